The van der Waals surface area contributed by atoms with Gasteiger partial charge in [-0.1, -0.05) is 6.92 Å². The topological polar surface area (TPSA) is 68.0 Å². The van der Waals surface area contributed by atoms with Gasteiger partial charge in [-0.3, -0.25) is 0 Å². The molecule has 1 aliphatic carbocycles. The molecule has 5 heteroatoms. The van der Waals surface area contributed by atoms with E-state index in [4.69, 9.17) is 0 Å². The van der Waals surface area contributed by atoms with Crippen molar-refractivity contribution in [1.82, 2.24) is 14.8 Å². The number of nitrogens with zero attached hydrogens (tertiary/aromatic N) is 3. The highest BCUT2D eigenvalue weighted by atomic mass is 16.4. The van der Waals surface area contributed by atoms with Gasteiger partial charge in [-0.15, -0.1) is 0 Å². The fourth-order valence-electron chi connectivity index (χ4n) is 2.21. The van der Waals surface area contributed by atoms with Gasteiger partial charge >= 0.3 is 5.97 Å². The van der Waals surface area contributed by atoms with Crippen LogP contribution in [-0.4, -0.2) is 25.8 Å². The lowest BCUT2D eigenvalue weighted by Crippen LogP contribution is -2.45. The van der Waals surface area contributed by atoms with Crippen LogP contribution >= 0.6 is 0 Å². The zero-order chi connectivity index (χ0) is 10.9. The van der Waals surface area contributed by atoms with Gasteiger partial charge in [-0.25, -0.2) is 14.5 Å². The first-order valence-electron chi connectivity index (χ1n) is 5.24. The molecule has 1 heterocycles. The van der Waals surface area contributed by atoms with Crippen molar-refractivity contribution in [3.63, 3.8) is 0 Å². The first-order chi connectivity index (χ1) is 7.15. The number of hydrogen-bond acceptors (Lipinski definition) is 3. The molecule has 0 bridgehead atoms. The lowest BCUT2D eigenvalue weighted by atomic mass is 9.77. The lowest BCUT2D eigenvalue weighted by molar-refractivity contribution is -0.150. The molecule has 1 aromatic rings. The predicted molar refractivity (Wildman–Crippen MR) is 53.3 cm³/mol. The maximum Gasteiger partial charge on any atom is 0.331 e. The first kappa shape index (κ1) is 10.1. The van der Waals surface area contributed by atoms with E-state index in [1.54, 1.807) is 0 Å². The number of carbonyl (C=O) groups is 1. The lowest BCUT2D eigenvalue weighted by Gasteiger charge is -2.35. The first-order valence-corrected chi connectivity index (χ1v) is 5.24. The van der Waals surface area contributed by atoms with E-state index in [0.717, 1.165) is 12.8 Å². The van der Waals surface area contributed by atoms with Crippen LogP contribution in [0.5, 0.6) is 0 Å². The summed E-state index contributed by atoms with van der Waals surface area (Å²) < 4.78 is 1.50. The minimum atomic E-state index is -0.858. The fourth-order valence-corrected chi connectivity index (χ4v) is 2.21. The Morgan fingerprint density at radius 2 is 2.20 bits per heavy atom. The maximum absolute atomic E-state index is 11.4. The number of aliphatic carboxylic acids is 1. The van der Waals surface area contributed by atoms with Crippen LogP contribution in [0.4, 0.5) is 0 Å². The van der Waals surface area contributed by atoms with Crippen molar-refractivity contribution in [2.75, 3.05) is 0 Å². The second kappa shape index (κ2) is 3.64. The number of carboxylic acids is 1. The molecule has 0 unspecified atom stereocenters. The summed E-state index contributed by atoms with van der Waals surface area (Å²) in [6, 6.07) is 0. The molecule has 1 N–H and O–H groups in total. The third-order valence-electron chi connectivity index (χ3n) is 3.36. The molecule has 82 valence electrons. The molecule has 0 spiro atoms. The molecule has 1 fully saturated rings. The summed E-state index contributed by atoms with van der Waals surface area (Å²) in [7, 11) is 0. The molecular formula is C10H15N3O2. The van der Waals surface area contributed by atoms with Gasteiger partial charge in [0.1, 0.15) is 12.7 Å². The highest BCUT2D eigenvalue weighted by Gasteiger charge is 2.43. The van der Waals surface area contributed by atoms with Crippen LogP contribution in [-0.2, 0) is 10.3 Å². The van der Waals surface area contributed by atoms with Crippen LogP contribution in [0.2, 0.25) is 0 Å². The average Bonchev–Trinajstić information content (AvgIpc) is 2.72. The smallest absolute Gasteiger partial charge is 0.331 e. The summed E-state index contributed by atoms with van der Waals surface area (Å²) in [5.74, 6) is -0.180. The number of carboxylic acid groups (broad SMARTS) is 1. The molecule has 0 aliphatic heterocycles. The van der Waals surface area contributed by atoms with Crippen LogP contribution in [0.25, 0.3) is 0 Å². The molecule has 5 nitrogen and oxygen atoms in total. The van der Waals surface area contributed by atoms with Crippen LogP contribution < -0.4 is 0 Å². The molecular weight excluding hydrogens is 194 g/mol. The number of aromatic nitrogens is 3. The highest BCUT2D eigenvalue weighted by Crippen LogP contribution is 2.37. The van der Waals surface area contributed by atoms with Gasteiger partial charge in [0.15, 0.2) is 5.54 Å². The van der Waals surface area contributed by atoms with E-state index in [0.29, 0.717) is 18.8 Å². The Balaban J connectivity index is 2.30. The largest absolute Gasteiger partial charge is 0.479 e. The Hall–Kier alpha value is -1.39. The van der Waals surface area contributed by atoms with Crippen molar-refractivity contribution in [2.24, 2.45) is 5.92 Å². The molecule has 0 saturated heterocycles. The highest BCUT2D eigenvalue weighted by molar-refractivity contribution is 5.76. The second-order valence-corrected chi connectivity index (χ2v) is 4.36. The molecule has 0 radical (unpaired) electrons. The van der Waals surface area contributed by atoms with Crippen LogP contribution in [0.3, 0.4) is 0 Å². The predicted octanol–water partition coefficient (Wildman–Crippen LogP) is 1.27. The molecule has 0 aromatic carbocycles. The Morgan fingerprint density at radius 1 is 1.53 bits per heavy atom. The van der Waals surface area contributed by atoms with Gasteiger partial charge < -0.3 is 5.11 Å². The van der Waals surface area contributed by atoms with Crippen LogP contribution in [0.15, 0.2) is 12.7 Å². The van der Waals surface area contributed by atoms with E-state index in [2.05, 4.69) is 17.0 Å². The zero-order valence-corrected chi connectivity index (χ0v) is 8.76. The van der Waals surface area contributed by atoms with E-state index in [1.807, 2.05) is 0 Å². The van der Waals surface area contributed by atoms with Gasteiger partial charge in [0.2, 0.25) is 0 Å². The summed E-state index contributed by atoms with van der Waals surface area (Å²) in [6.07, 6.45) is 6.06. The Bertz CT molecular complexity index is 340. The Labute approximate surface area is 88.1 Å². The summed E-state index contributed by atoms with van der Waals surface area (Å²) >= 11 is 0. The van der Waals surface area contributed by atoms with E-state index >= 15 is 0 Å². The monoisotopic (exact) mass is 209 g/mol. The molecule has 2 rings (SSSR count). The second-order valence-electron chi connectivity index (χ2n) is 4.36. The third kappa shape index (κ3) is 1.62. The normalized spacial score (nSPS) is 31.4. The molecule has 0 amide bonds. The van der Waals surface area contributed by atoms with Crippen molar-refractivity contribution in [1.29, 1.82) is 0 Å². The van der Waals surface area contributed by atoms with Gasteiger partial charge in [0.05, 0.1) is 0 Å². The van der Waals surface area contributed by atoms with Crippen molar-refractivity contribution in [3.8, 4) is 0 Å². The van der Waals surface area contributed by atoms with Crippen molar-refractivity contribution in [3.05, 3.63) is 12.7 Å². The van der Waals surface area contributed by atoms with Crippen LogP contribution in [0, 0.1) is 5.92 Å². The minimum Gasteiger partial charge on any atom is -0.479 e. The van der Waals surface area contributed by atoms with E-state index in [1.165, 1.54) is 17.3 Å². The molecule has 1 aliphatic rings. The van der Waals surface area contributed by atoms with Gasteiger partial charge in [0.25, 0.3) is 0 Å². The van der Waals surface area contributed by atoms with Gasteiger partial charge in [0, 0.05) is 0 Å². The summed E-state index contributed by atoms with van der Waals surface area (Å²) in [6.45, 7) is 2.16. The van der Waals surface area contributed by atoms with Crippen molar-refractivity contribution in [2.45, 2.75) is 38.1 Å². The fraction of sp³-hybridized carbons (Fsp3) is 0.700. The van der Waals surface area contributed by atoms with E-state index in [-0.39, 0.29) is 0 Å². The maximum atomic E-state index is 11.4. The standard InChI is InChI=1S/C10H15N3O2/c1-8-2-4-10(5-3-8,9(14)15)13-7-11-6-12-13/h6-8H,2-5H2,1H3,(H,14,15). The SMILES string of the molecule is CC1CCC(C(=O)O)(n2cncn2)CC1. The Morgan fingerprint density at radius 3 is 2.67 bits per heavy atom. The van der Waals surface area contributed by atoms with Crippen molar-refractivity contribution < 1.29 is 9.90 Å². The summed E-state index contributed by atoms with van der Waals surface area (Å²) in [5.41, 5.74) is -0.858. The molecule has 1 saturated carbocycles. The summed E-state index contributed by atoms with van der Waals surface area (Å²) in [4.78, 5) is 15.2. The number of rotatable bonds is 2. The van der Waals surface area contributed by atoms with Gasteiger partial charge in [-0.2, -0.15) is 5.10 Å². The summed E-state index contributed by atoms with van der Waals surface area (Å²) in [5, 5.41) is 13.3. The molecule has 1 aromatic heterocycles. The Kier molecular flexibility index (Phi) is 2.46. The number of hydrogen-bond donors (Lipinski definition) is 1. The average molecular weight is 209 g/mol. The van der Waals surface area contributed by atoms with Gasteiger partial charge in [-0.05, 0) is 31.6 Å². The van der Waals surface area contributed by atoms with Crippen molar-refractivity contribution >= 4 is 5.97 Å². The van der Waals surface area contributed by atoms with Crippen LogP contribution in [0.1, 0.15) is 32.6 Å². The minimum absolute atomic E-state index is 0.612. The van der Waals surface area contributed by atoms with E-state index in [9.17, 15) is 9.90 Å². The molecule has 15 heavy (non-hydrogen) atoms. The van der Waals surface area contributed by atoms with E-state index < -0.39 is 11.5 Å². The zero-order valence-electron chi connectivity index (χ0n) is 8.76. The third-order valence-corrected chi connectivity index (χ3v) is 3.36. The molecule has 0 atom stereocenters. The quantitative estimate of drug-likeness (QED) is 0.796.